The highest BCUT2D eigenvalue weighted by molar-refractivity contribution is 5.32. The van der Waals surface area contributed by atoms with Gasteiger partial charge in [-0.3, -0.25) is 4.90 Å². The molecule has 0 aliphatic carbocycles. The Morgan fingerprint density at radius 1 is 1.10 bits per heavy atom. The number of hydrogen-bond acceptors (Lipinski definition) is 3. The number of piperazine rings is 1. The largest absolute Gasteiger partial charge is 0.323 e. The Morgan fingerprint density at radius 2 is 1.75 bits per heavy atom. The maximum atomic E-state index is 6.41. The third kappa shape index (κ3) is 4.05. The molecule has 1 aromatic rings. The van der Waals surface area contributed by atoms with Crippen molar-refractivity contribution < 1.29 is 0 Å². The third-order valence-electron chi connectivity index (χ3n) is 4.28. The summed E-state index contributed by atoms with van der Waals surface area (Å²) in [5.74, 6) is 0. The van der Waals surface area contributed by atoms with Crippen molar-refractivity contribution in [2.45, 2.75) is 33.2 Å². The number of hydrogen-bond donors (Lipinski definition) is 1. The number of rotatable bonds is 5. The van der Waals surface area contributed by atoms with Gasteiger partial charge < -0.3 is 10.6 Å². The average molecular weight is 275 g/mol. The number of nitrogens with two attached hydrogens (primary N) is 1. The summed E-state index contributed by atoms with van der Waals surface area (Å²) in [5, 5.41) is 0. The van der Waals surface area contributed by atoms with E-state index in [2.05, 4.69) is 48.8 Å². The number of nitrogens with zero attached hydrogens (tertiary/aromatic N) is 2. The van der Waals surface area contributed by atoms with E-state index in [1.165, 1.54) is 42.7 Å². The van der Waals surface area contributed by atoms with Crippen molar-refractivity contribution in [3.05, 3.63) is 34.9 Å². The molecule has 0 radical (unpaired) electrons. The van der Waals surface area contributed by atoms with Gasteiger partial charge in [0, 0.05) is 38.8 Å². The fourth-order valence-electron chi connectivity index (χ4n) is 3.13. The molecule has 1 aliphatic heterocycles. The summed E-state index contributed by atoms with van der Waals surface area (Å²) in [6.07, 6.45) is 1.25. The van der Waals surface area contributed by atoms with Gasteiger partial charge in [-0.15, -0.1) is 0 Å². The number of aryl methyl sites for hydroxylation is 2. The first-order valence-corrected chi connectivity index (χ1v) is 7.87. The Kier molecular flexibility index (Phi) is 5.58. The summed E-state index contributed by atoms with van der Waals surface area (Å²) in [6, 6.07) is 6.73. The van der Waals surface area contributed by atoms with Gasteiger partial charge in [0.1, 0.15) is 0 Å². The van der Waals surface area contributed by atoms with Crippen molar-refractivity contribution in [2.75, 3.05) is 39.3 Å². The molecule has 20 heavy (non-hydrogen) atoms. The molecule has 1 aliphatic rings. The summed E-state index contributed by atoms with van der Waals surface area (Å²) >= 11 is 0. The second-order valence-electron chi connectivity index (χ2n) is 6.11. The maximum Gasteiger partial charge on any atom is 0.0426 e. The van der Waals surface area contributed by atoms with Crippen LogP contribution in [0.4, 0.5) is 0 Å². The molecule has 112 valence electrons. The molecule has 1 saturated heterocycles. The van der Waals surface area contributed by atoms with Crippen molar-refractivity contribution >= 4 is 0 Å². The highest BCUT2D eigenvalue weighted by atomic mass is 15.3. The minimum absolute atomic E-state index is 0.133. The van der Waals surface area contributed by atoms with Crippen molar-refractivity contribution in [1.82, 2.24) is 9.80 Å². The smallest absolute Gasteiger partial charge is 0.0426 e. The van der Waals surface area contributed by atoms with Gasteiger partial charge in [-0.25, -0.2) is 0 Å². The predicted octanol–water partition coefficient (Wildman–Crippen LogP) is 2.33. The van der Waals surface area contributed by atoms with E-state index in [4.69, 9.17) is 5.73 Å². The van der Waals surface area contributed by atoms with Crippen LogP contribution in [0.5, 0.6) is 0 Å². The Hall–Kier alpha value is -0.900. The first kappa shape index (κ1) is 15.5. The van der Waals surface area contributed by atoms with Crippen molar-refractivity contribution in [3.63, 3.8) is 0 Å². The van der Waals surface area contributed by atoms with Crippen molar-refractivity contribution in [3.8, 4) is 0 Å². The average Bonchev–Trinajstić information content (AvgIpc) is 2.41. The van der Waals surface area contributed by atoms with Crippen LogP contribution in [0, 0.1) is 13.8 Å². The minimum atomic E-state index is 0.133. The molecular weight excluding hydrogens is 246 g/mol. The fraction of sp³-hybridized carbons (Fsp3) is 0.647. The first-order chi connectivity index (χ1) is 9.60. The van der Waals surface area contributed by atoms with Gasteiger partial charge in [-0.1, -0.05) is 30.7 Å². The van der Waals surface area contributed by atoms with E-state index in [0.29, 0.717) is 0 Å². The summed E-state index contributed by atoms with van der Waals surface area (Å²) < 4.78 is 0. The van der Waals surface area contributed by atoms with Gasteiger partial charge in [0.15, 0.2) is 0 Å². The lowest BCUT2D eigenvalue weighted by Crippen LogP contribution is -2.48. The van der Waals surface area contributed by atoms with Gasteiger partial charge in [0.2, 0.25) is 0 Å². The monoisotopic (exact) mass is 275 g/mol. The highest BCUT2D eigenvalue weighted by Crippen LogP contribution is 2.18. The van der Waals surface area contributed by atoms with Crippen LogP contribution >= 0.6 is 0 Å². The zero-order chi connectivity index (χ0) is 14.5. The van der Waals surface area contributed by atoms with Crippen LogP contribution in [0.2, 0.25) is 0 Å². The van der Waals surface area contributed by atoms with Crippen molar-refractivity contribution in [2.24, 2.45) is 5.73 Å². The molecule has 0 saturated carbocycles. The zero-order valence-corrected chi connectivity index (χ0v) is 13.2. The molecule has 1 atom stereocenters. The minimum Gasteiger partial charge on any atom is -0.323 e. The summed E-state index contributed by atoms with van der Waals surface area (Å²) in [4.78, 5) is 5.06. The Morgan fingerprint density at radius 3 is 2.35 bits per heavy atom. The molecule has 0 bridgehead atoms. The standard InChI is InChI=1S/C17H29N3/c1-4-7-19-8-10-20(11-9-19)13-17(18)16-6-5-14(2)12-15(16)3/h5-6,12,17H,4,7-11,13,18H2,1-3H3. The molecule has 0 aromatic heterocycles. The molecule has 1 fully saturated rings. The van der Waals surface area contributed by atoms with Gasteiger partial charge in [0.05, 0.1) is 0 Å². The van der Waals surface area contributed by atoms with Crippen LogP contribution < -0.4 is 5.73 Å². The summed E-state index contributed by atoms with van der Waals surface area (Å²) in [5.41, 5.74) is 10.3. The highest BCUT2D eigenvalue weighted by Gasteiger charge is 2.19. The van der Waals surface area contributed by atoms with Crippen LogP contribution in [-0.4, -0.2) is 49.1 Å². The van der Waals surface area contributed by atoms with E-state index in [0.717, 1.165) is 19.6 Å². The molecule has 0 spiro atoms. The molecule has 0 amide bonds. The Balaban J connectivity index is 1.87. The number of benzene rings is 1. The molecule has 2 N–H and O–H groups in total. The van der Waals surface area contributed by atoms with Crippen LogP contribution in [0.15, 0.2) is 18.2 Å². The molecule has 3 heteroatoms. The fourth-order valence-corrected chi connectivity index (χ4v) is 3.13. The van der Waals surface area contributed by atoms with Crippen LogP contribution in [0.25, 0.3) is 0 Å². The van der Waals surface area contributed by atoms with E-state index >= 15 is 0 Å². The Bertz CT molecular complexity index is 422. The zero-order valence-electron chi connectivity index (χ0n) is 13.2. The van der Waals surface area contributed by atoms with E-state index in [-0.39, 0.29) is 6.04 Å². The van der Waals surface area contributed by atoms with Gasteiger partial charge >= 0.3 is 0 Å². The summed E-state index contributed by atoms with van der Waals surface area (Å²) in [7, 11) is 0. The van der Waals surface area contributed by atoms with Crippen LogP contribution in [0.1, 0.15) is 36.1 Å². The molecular formula is C17H29N3. The van der Waals surface area contributed by atoms with Gasteiger partial charge in [0.25, 0.3) is 0 Å². The lowest BCUT2D eigenvalue weighted by molar-refractivity contribution is 0.127. The lowest BCUT2D eigenvalue weighted by Gasteiger charge is -2.36. The predicted molar refractivity (Wildman–Crippen MR) is 86.0 cm³/mol. The normalized spacial score (nSPS) is 19.2. The van der Waals surface area contributed by atoms with Crippen molar-refractivity contribution in [1.29, 1.82) is 0 Å². The quantitative estimate of drug-likeness (QED) is 0.895. The van der Waals surface area contributed by atoms with Crippen LogP contribution in [0.3, 0.4) is 0 Å². The second kappa shape index (κ2) is 7.21. The molecule has 1 unspecified atom stereocenters. The lowest BCUT2D eigenvalue weighted by atomic mass is 9.99. The molecule has 3 nitrogen and oxygen atoms in total. The topological polar surface area (TPSA) is 32.5 Å². The van der Waals surface area contributed by atoms with E-state index in [1.54, 1.807) is 0 Å². The SMILES string of the molecule is CCCN1CCN(CC(N)c2ccc(C)cc2C)CC1. The van der Waals surface area contributed by atoms with E-state index in [1.807, 2.05) is 0 Å². The molecule has 2 rings (SSSR count). The van der Waals surface area contributed by atoms with E-state index < -0.39 is 0 Å². The van der Waals surface area contributed by atoms with Gasteiger partial charge in [-0.05, 0) is 37.9 Å². The van der Waals surface area contributed by atoms with Crippen LogP contribution in [-0.2, 0) is 0 Å². The Labute approximate surface area is 123 Å². The molecule has 1 aromatic carbocycles. The second-order valence-corrected chi connectivity index (χ2v) is 6.11. The first-order valence-electron chi connectivity index (χ1n) is 7.87. The van der Waals surface area contributed by atoms with Gasteiger partial charge in [-0.2, -0.15) is 0 Å². The summed E-state index contributed by atoms with van der Waals surface area (Å²) in [6.45, 7) is 13.4. The maximum absolute atomic E-state index is 6.41. The molecule has 1 heterocycles. The third-order valence-corrected chi connectivity index (χ3v) is 4.28. The van der Waals surface area contributed by atoms with E-state index in [9.17, 15) is 0 Å².